The van der Waals surface area contributed by atoms with Crippen molar-refractivity contribution in [2.45, 2.75) is 26.2 Å². The molecule has 1 aromatic heterocycles. The van der Waals surface area contributed by atoms with Gasteiger partial charge in [0.2, 0.25) is 11.8 Å². The molecule has 0 saturated carbocycles. The van der Waals surface area contributed by atoms with Crippen LogP contribution in [0.2, 0.25) is 0 Å². The van der Waals surface area contributed by atoms with E-state index >= 15 is 0 Å². The summed E-state index contributed by atoms with van der Waals surface area (Å²) in [5.41, 5.74) is 1.02. The Labute approximate surface area is 151 Å². The zero-order valence-electron chi connectivity index (χ0n) is 14.7. The average Bonchev–Trinajstić information content (AvgIpc) is 2.98. The molecule has 0 unspecified atom stereocenters. The van der Waals surface area contributed by atoms with Crippen LogP contribution in [0.3, 0.4) is 0 Å². The van der Waals surface area contributed by atoms with Crippen molar-refractivity contribution in [3.63, 3.8) is 0 Å². The number of carbonyl (C=O) groups excluding carboxylic acids is 2. The van der Waals surface area contributed by atoms with Crippen LogP contribution in [0.4, 0.5) is 5.82 Å². The molecule has 1 aromatic carbocycles. The Morgan fingerprint density at radius 2 is 1.84 bits per heavy atom. The third-order valence-corrected chi connectivity index (χ3v) is 4.58. The Morgan fingerprint density at radius 1 is 1.16 bits per heavy atom. The van der Waals surface area contributed by atoms with Crippen LogP contribution in [0.5, 0.6) is 0 Å². The largest absolute Gasteiger partial charge is 0.360 e. The summed E-state index contributed by atoms with van der Waals surface area (Å²) in [7, 11) is 0. The molecule has 2 aromatic rings. The number of aryl methyl sites for hydroxylation is 1. The third kappa shape index (κ3) is 6.26. The molecule has 0 saturated heterocycles. The fourth-order valence-corrected chi connectivity index (χ4v) is 2.85. The van der Waals surface area contributed by atoms with E-state index in [4.69, 9.17) is 4.52 Å². The number of amides is 2. The van der Waals surface area contributed by atoms with Gasteiger partial charge in [0, 0.05) is 18.0 Å². The fourth-order valence-electron chi connectivity index (χ4n) is 2.20. The van der Waals surface area contributed by atoms with E-state index in [9.17, 15) is 9.59 Å². The SMILES string of the molecule is Cc1cc(NC(=O)CSCC(=O)NCC(C)(C)c2ccccc2)no1. The first-order valence-corrected chi connectivity index (χ1v) is 9.15. The van der Waals surface area contributed by atoms with E-state index in [1.165, 1.54) is 17.3 Å². The predicted molar refractivity (Wildman–Crippen MR) is 99.7 cm³/mol. The highest BCUT2D eigenvalue weighted by molar-refractivity contribution is 8.00. The molecular formula is C18H23N3O3S. The zero-order valence-corrected chi connectivity index (χ0v) is 15.5. The number of hydrogen-bond acceptors (Lipinski definition) is 5. The number of benzene rings is 1. The molecule has 2 N–H and O–H groups in total. The minimum Gasteiger partial charge on any atom is -0.360 e. The van der Waals surface area contributed by atoms with Gasteiger partial charge in [-0.1, -0.05) is 49.3 Å². The molecule has 25 heavy (non-hydrogen) atoms. The van der Waals surface area contributed by atoms with Crippen molar-refractivity contribution in [3.05, 3.63) is 47.7 Å². The van der Waals surface area contributed by atoms with Crippen LogP contribution in [-0.2, 0) is 15.0 Å². The lowest BCUT2D eigenvalue weighted by atomic mass is 9.85. The second-order valence-electron chi connectivity index (χ2n) is 6.39. The second-order valence-corrected chi connectivity index (χ2v) is 7.38. The second kappa shape index (κ2) is 8.71. The van der Waals surface area contributed by atoms with E-state index in [-0.39, 0.29) is 28.7 Å². The van der Waals surface area contributed by atoms with Crippen LogP contribution < -0.4 is 10.6 Å². The molecule has 0 atom stereocenters. The van der Waals surface area contributed by atoms with Gasteiger partial charge >= 0.3 is 0 Å². The summed E-state index contributed by atoms with van der Waals surface area (Å²) in [6.45, 7) is 6.46. The number of anilines is 1. The van der Waals surface area contributed by atoms with E-state index in [0.717, 1.165) is 0 Å². The Morgan fingerprint density at radius 3 is 2.48 bits per heavy atom. The highest BCUT2D eigenvalue weighted by Gasteiger charge is 2.21. The highest BCUT2D eigenvalue weighted by atomic mass is 32.2. The molecular weight excluding hydrogens is 338 g/mol. The van der Waals surface area contributed by atoms with Crippen molar-refractivity contribution in [2.75, 3.05) is 23.4 Å². The molecule has 0 fully saturated rings. The van der Waals surface area contributed by atoms with Gasteiger partial charge in [-0.3, -0.25) is 9.59 Å². The molecule has 2 rings (SSSR count). The standard InChI is InChI=1S/C18H23N3O3S/c1-13-9-15(21-24-13)20-17(23)11-25-10-16(22)19-12-18(2,3)14-7-5-4-6-8-14/h4-9H,10-12H2,1-3H3,(H,19,22)(H,20,21,23). The minimum absolute atomic E-state index is 0.0842. The number of nitrogens with zero attached hydrogens (tertiary/aromatic N) is 1. The van der Waals surface area contributed by atoms with E-state index < -0.39 is 0 Å². The zero-order chi connectivity index (χ0) is 18.3. The summed E-state index contributed by atoms with van der Waals surface area (Å²) in [6.07, 6.45) is 0. The van der Waals surface area contributed by atoms with E-state index in [1.807, 2.05) is 18.2 Å². The summed E-state index contributed by atoms with van der Waals surface area (Å²) in [4.78, 5) is 23.7. The smallest absolute Gasteiger partial charge is 0.235 e. The molecule has 0 aliphatic carbocycles. The molecule has 6 nitrogen and oxygen atoms in total. The van der Waals surface area contributed by atoms with Crippen molar-refractivity contribution in [2.24, 2.45) is 0 Å². The Balaban J connectivity index is 1.67. The minimum atomic E-state index is -0.212. The number of nitrogens with one attached hydrogen (secondary N) is 2. The maximum Gasteiger partial charge on any atom is 0.235 e. The van der Waals surface area contributed by atoms with Gasteiger partial charge < -0.3 is 15.2 Å². The highest BCUT2D eigenvalue weighted by Crippen LogP contribution is 2.21. The molecule has 0 radical (unpaired) electrons. The van der Waals surface area contributed by atoms with Crippen molar-refractivity contribution in [1.29, 1.82) is 0 Å². The first kappa shape index (κ1) is 19.1. The van der Waals surface area contributed by atoms with Crippen molar-refractivity contribution >= 4 is 29.4 Å². The van der Waals surface area contributed by atoms with Gasteiger partial charge in [0.05, 0.1) is 11.5 Å². The maximum atomic E-state index is 12.0. The molecule has 0 aliphatic heterocycles. The molecule has 134 valence electrons. The number of aromatic nitrogens is 1. The van der Waals surface area contributed by atoms with E-state index in [1.54, 1.807) is 13.0 Å². The normalized spacial score (nSPS) is 11.2. The predicted octanol–water partition coefficient (Wildman–Crippen LogP) is 2.75. The Hall–Kier alpha value is -2.28. The number of hydrogen-bond donors (Lipinski definition) is 2. The molecule has 2 amide bonds. The first-order valence-electron chi connectivity index (χ1n) is 8.00. The van der Waals surface area contributed by atoms with Crippen LogP contribution in [0.15, 0.2) is 40.9 Å². The Bertz CT molecular complexity index is 713. The van der Waals surface area contributed by atoms with E-state index in [2.05, 4.69) is 41.8 Å². The van der Waals surface area contributed by atoms with E-state index in [0.29, 0.717) is 18.1 Å². The quantitative estimate of drug-likeness (QED) is 0.755. The first-order chi connectivity index (χ1) is 11.9. The Kier molecular flexibility index (Phi) is 6.64. The van der Waals surface area contributed by atoms with Gasteiger partial charge in [-0.05, 0) is 12.5 Å². The van der Waals surface area contributed by atoms with Crippen LogP contribution in [-0.4, -0.2) is 35.0 Å². The van der Waals surface area contributed by atoms with Crippen molar-refractivity contribution in [3.8, 4) is 0 Å². The number of carbonyl (C=O) groups is 2. The van der Waals surface area contributed by atoms with Crippen molar-refractivity contribution in [1.82, 2.24) is 10.5 Å². The molecule has 1 heterocycles. The lowest BCUT2D eigenvalue weighted by Crippen LogP contribution is -2.37. The van der Waals surface area contributed by atoms with Gasteiger partial charge in [0.15, 0.2) is 5.82 Å². The van der Waals surface area contributed by atoms with Gasteiger partial charge in [-0.15, -0.1) is 11.8 Å². The van der Waals surface area contributed by atoms with Crippen LogP contribution in [0.1, 0.15) is 25.2 Å². The fraction of sp³-hybridized carbons (Fsp3) is 0.389. The molecule has 7 heteroatoms. The average molecular weight is 361 g/mol. The van der Waals surface area contributed by atoms with Crippen molar-refractivity contribution < 1.29 is 14.1 Å². The van der Waals surface area contributed by atoms with Crippen LogP contribution in [0.25, 0.3) is 0 Å². The van der Waals surface area contributed by atoms with Gasteiger partial charge in [-0.2, -0.15) is 0 Å². The lowest BCUT2D eigenvalue weighted by Gasteiger charge is -2.25. The third-order valence-electron chi connectivity index (χ3n) is 3.64. The monoisotopic (exact) mass is 361 g/mol. The maximum absolute atomic E-state index is 12.0. The lowest BCUT2D eigenvalue weighted by molar-refractivity contribution is -0.118. The summed E-state index contributed by atoms with van der Waals surface area (Å²) in [6, 6.07) is 11.7. The topological polar surface area (TPSA) is 84.2 Å². The summed E-state index contributed by atoms with van der Waals surface area (Å²) < 4.78 is 4.87. The number of rotatable bonds is 8. The van der Waals surface area contributed by atoms with Crippen LogP contribution >= 0.6 is 11.8 Å². The summed E-state index contributed by atoms with van der Waals surface area (Å²) in [5.74, 6) is 1.13. The summed E-state index contributed by atoms with van der Waals surface area (Å²) >= 11 is 1.26. The number of thioether (sulfide) groups is 1. The molecule has 0 aliphatic rings. The van der Waals surface area contributed by atoms with Gasteiger partial charge in [0.1, 0.15) is 5.76 Å². The van der Waals surface area contributed by atoms with Gasteiger partial charge in [-0.25, -0.2) is 0 Å². The summed E-state index contributed by atoms with van der Waals surface area (Å²) in [5, 5.41) is 9.24. The van der Waals surface area contributed by atoms with Gasteiger partial charge in [0.25, 0.3) is 0 Å². The molecule has 0 spiro atoms. The molecule has 0 bridgehead atoms. The van der Waals surface area contributed by atoms with Crippen LogP contribution in [0, 0.1) is 6.92 Å².